The van der Waals surface area contributed by atoms with Crippen LogP contribution in [-0.4, -0.2) is 29.1 Å². The van der Waals surface area contributed by atoms with E-state index in [4.69, 9.17) is 23.4 Å². The minimum atomic E-state index is -1.14. The number of amides is 2. The number of hydrazine groups is 1. The van der Waals surface area contributed by atoms with Crippen LogP contribution >= 0.6 is 11.6 Å². The molecule has 2 aromatic rings. The van der Waals surface area contributed by atoms with Gasteiger partial charge in [0, 0.05) is 16.8 Å². The Kier molecular flexibility index (Phi) is 7.54. The predicted molar refractivity (Wildman–Crippen MR) is 114 cm³/mol. The van der Waals surface area contributed by atoms with Gasteiger partial charge in [-0.2, -0.15) is 5.26 Å². The Morgan fingerprint density at radius 3 is 2.47 bits per heavy atom. The van der Waals surface area contributed by atoms with Crippen molar-refractivity contribution in [3.8, 4) is 6.07 Å². The van der Waals surface area contributed by atoms with Crippen LogP contribution in [0.5, 0.6) is 0 Å². The molecule has 152 valence electrons. The summed E-state index contributed by atoms with van der Waals surface area (Å²) < 4.78 is 0. The summed E-state index contributed by atoms with van der Waals surface area (Å²) in [5.74, 6) is -1.29. The lowest BCUT2D eigenvalue weighted by Crippen LogP contribution is -2.52. The number of nitriles is 1. The molecule has 0 bridgehead atoms. The lowest BCUT2D eigenvalue weighted by atomic mass is 10.1. The standard InChI is InChI=1S/C21H18ClN5O3/c1-4-15-16(9-10-17(24-3)18(15)22)25-19(12(2)28)21(30)27-26-20(29)14-7-5-13(11-23)6-8-14/h4-10,12,19,25,28H,1H2,2H3,(H,26,29)(H,27,30)/t12?,19-/m1/s1. The largest absolute Gasteiger partial charge is 0.391 e. The topological polar surface area (TPSA) is 119 Å². The van der Waals surface area contributed by atoms with Gasteiger partial charge in [0.15, 0.2) is 0 Å². The SMILES string of the molecule is [C-]#[N+]c1ccc(N[C@@H](C(=O)NNC(=O)c2ccc(C#N)cc2)C(C)O)c(C=C)c1Cl. The lowest BCUT2D eigenvalue weighted by Gasteiger charge is -2.23. The Morgan fingerprint density at radius 1 is 1.27 bits per heavy atom. The van der Waals surface area contributed by atoms with Gasteiger partial charge < -0.3 is 10.4 Å². The Morgan fingerprint density at radius 2 is 1.93 bits per heavy atom. The van der Waals surface area contributed by atoms with Crippen molar-refractivity contribution in [1.82, 2.24) is 10.9 Å². The molecule has 0 aliphatic rings. The van der Waals surface area contributed by atoms with Gasteiger partial charge in [-0.15, -0.1) is 0 Å². The number of carbonyl (C=O) groups is 2. The van der Waals surface area contributed by atoms with Gasteiger partial charge in [0.1, 0.15) is 6.04 Å². The third-order valence-corrected chi connectivity index (χ3v) is 4.53. The highest BCUT2D eigenvalue weighted by Crippen LogP contribution is 2.35. The number of hydrogen-bond acceptors (Lipinski definition) is 5. The van der Waals surface area contributed by atoms with E-state index in [0.717, 1.165) is 0 Å². The van der Waals surface area contributed by atoms with Crippen LogP contribution in [0, 0.1) is 17.9 Å². The summed E-state index contributed by atoms with van der Waals surface area (Å²) in [6, 6.07) is 9.68. The summed E-state index contributed by atoms with van der Waals surface area (Å²) in [6.45, 7) is 12.2. The number of nitrogens with one attached hydrogen (secondary N) is 3. The van der Waals surface area contributed by atoms with Gasteiger partial charge in [0.25, 0.3) is 11.8 Å². The molecule has 0 fully saturated rings. The first-order valence-corrected chi connectivity index (χ1v) is 9.07. The number of aliphatic hydroxyl groups is 1. The molecule has 1 unspecified atom stereocenters. The quantitative estimate of drug-likeness (QED) is 0.420. The van der Waals surface area contributed by atoms with E-state index in [9.17, 15) is 14.7 Å². The van der Waals surface area contributed by atoms with Crippen LogP contribution in [0.15, 0.2) is 43.0 Å². The molecule has 0 saturated heterocycles. The third-order valence-electron chi connectivity index (χ3n) is 4.14. The van der Waals surface area contributed by atoms with Crippen LogP contribution in [0.3, 0.4) is 0 Å². The summed E-state index contributed by atoms with van der Waals surface area (Å²) >= 11 is 6.18. The Bertz CT molecular complexity index is 1050. The highest BCUT2D eigenvalue weighted by Gasteiger charge is 2.25. The second-order valence-corrected chi connectivity index (χ2v) is 6.55. The molecule has 2 amide bonds. The summed E-state index contributed by atoms with van der Waals surface area (Å²) in [4.78, 5) is 28.0. The number of carbonyl (C=O) groups excluding carboxylic acids is 2. The van der Waals surface area contributed by atoms with Crippen LogP contribution in [0.2, 0.25) is 5.02 Å². The van der Waals surface area contributed by atoms with Gasteiger partial charge in [-0.1, -0.05) is 30.3 Å². The van der Waals surface area contributed by atoms with E-state index in [1.54, 1.807) is 6.07 Å². The molecule has 0 spiro atoms. The maximum absolute atomic E-state index is 12.5. The van der Waals surface area contributed by atoms with E-state index in [2.05, 4.69) is 27.6 Å². The first-order valence-electron chi connectivity index (χ1n) is 8.69. The Balaban J connectivity index is 2.13. The van der Waals surface area contributed by atoms with Crippen LogP contribution in [0.4, 0.5) is 11.4 Å². The molecule has 0 aliphatic carbocycles. The molecule has 0 aromatic heterocycles. The zero-order valence-electron chi connectivity index (χ0n) is 15.9. The highest BCUT2D eigenvalue weighted by atomic mass is 35.5. The number of aliphatic hydroxyl groups excluding tert-OH is 1. The Hall–Kier alpha value is -3.85. The van der Waals surface area contributed by atoms with Gasteiger partial charge in [0.05, 0.1) is 29.3 Å². The number of hydrogen-bond donors (Lipinski definition) is 4. The van der Waals surface area contributed by atoms with Crippen molar-refractivity contribution in [1.29, 1.82) is 5.26 Å². The van der Waals surface area contributed by atoms with Crippen molar-refractivity contribution < 1.29 is 14.7 Å². The number of rotatable bonds is 6. The smallest absolute Gasteiger partial charge is 0.269 e. The summed E-state index contributed by atoms with van der Waals surface area (Å²) in [5.41, 5.74) is 6.17. The van der Waals surface area contributed by atoms with Gasteiger partial charge in [-0.25, -0.2) is 4.85 Å². The van der Waals surface area contributed by atoms with E-state index in [1.807, 2.05) is 6.07 Å². The zero-order chi connectivity index (χ0) is 22.3. The summed E-state index contributed by atoms with van der Waals surface area (Å²) in [7, 11) is 0. The molecule has 0 aliphatic heterocycles. The van der Waals surface area contributed by atoms with Gasteiger partial charge in [0.2, 0.25) is 5.69 Å². The van der Waals surface area contributed by atoms with Crippen LogP contribution in [-0.2, 0) is 4.79 Å². The van der Waals surface area contributed by atoms with Gasteiger partial charge >= 0.3 is 0 Å². The van der Waals surface area contributed by atoms with Crippen molar-refractivity contribution >= 4 is 40.9 Å². The minimum Gasteiger partial charge on any atom is -0.391 e. The lowest BCUT2D eigenvalue weighted by molar-refractivity contribution is -0.124. The van der Waals surface area contributed by atoms with E-state index >= 15 is 0 Å². The monoisotopic (exact) mass is 423 g/mol. The second-order valence-electron chi connectivity index (χ2n) is 6.17. The van der Waals surface area contributed by atoms with E-state index in [0.29, 0.717) is 16.8 Å². The maximum atomic E-state index is 12.5. The predicted octanol–water partition coefficient (Wildman–Crippen LogP) is 3.03. The van der Waals surface area contributed by atoms with E-state index < -0.39 is 24.0 Å². The molecule has 0 heterocycles. The van der Waals surface area contributed by atoms with Crippen LogP contribution in [0.25, 0.3) is 10.9 Å². The summed E-state index contributed by atoms with van der Waals surface area (Å²) in [6.07, 6.45) is 0.303. The molecule has 2 rings (SSSR count). The van der Waals surface area contributed by atoms with Crippen molar-refractivity contribution in [3.63, 3.8) is 0 Å². The van der Waals surface area contributed by atoms with Crippen molar-refractivity contribution in [2.75, 3.05) is 5.32 Å². The van der Waals surface area contributed by atoms with Crippen LogP contribution < -0.4 is 16.2 Å². The fourth-order valence-corrected chi connectivity index (χ4v) is 2.81. The number of benzene rings is 2. The molecular weight excluding hydrogens is 406 g/mol. The van der Waals surface area contributed by atoms with Crippen LogP contribution in [0.1, 0.15) is 28.4 Å². The second kappa shape index (κ2) is 10.1. The molecule has 2 atom stereocenters. The molecule has 0 saturated carbocycles. The number of halogens is 1. The van der Waals surface area contributed by atoms with E-state index in [-0.39, 0.29) is 16.3 Å². The fraction of sp³-hybridized carbons (Fsp3) is 0.143. The molecule has 9 heteroatoms. The third kappa shape index (κ3) is 5.15. The number of anilines is 1. The average molecular weight is 424 g/mol. The van der Waals surface area contributed by atoms with Crippen molar-refractivity contribution in [2.24, 2.45) is 0 Å². The van der Waals surface area contributed by atoms with Crippen molar-refractivity contribution in [3.05, 3.63) is 76.1 Å². The average Bonchev–Trinajstić information content (AvgIpc) is 2.75. The molecule has 30 heavy (non-hydrogen) atoms. The Labute approximate surface area is 178 Å². The molecule has 2 aromatic carbocycles. The first-order chi connectivity index (χ1) is 14.3. The normalized spacial score (nSPS) is 11.9. The highest BCUT2D eigenvalue weighted by molar-refractivity contribution is 6.35. The molecular formula is C21H18ClN5O3. The first kappa shape index (κ1) is 22.4. The number of nitrogens with zero attached hydrogens (tertiary/aromatic N) is 2. The van der Waals surface area contributed by atoms with E-state index in [1.165, 1.54) is 43.3 Å². The maximum Gasteiger partial charge on any atom is 0.269 e. The van der Waals surface area contributed by atoms with Gasteiger partial charge in [-0.05, 0) is 37.3 Å². The zero-order valence-corrected chi connectivity index (χ0v) is 16.7. The van der Waals surface area contributed by atoms with Gasteiger partial charge in [-0.3, -0.25) is 20.4 Å². The molecule has 8 nitrogen and oxygen atoms in total. The summed E-state index contributed by atoms with van der Waals surface area (Å²) in [5, 5.41) is 21.9. The fourth-order valence-electron chi connectivity index (χ4n) is 2.53. The molecule has 4 N–H and O–H groups in total. The molecule has 0 radical (unpaired) electrons. The minimum absolute atomic E-state index is 0.170. The van der Waals surface area contributed by atoms with Crippen molar-refractivity contribution in [2.45, 2.75) is 19.1 Å².